The molecule has 21 heavy (non-hydrogen) atoms. The Bertz CT molecular complexity index is 622. The third-order valence-electron chi connectivity index (χ3n) is 3.28. The average molecular weight is 306 g/mol. The molecule has 4 N–H and O–H groups in total. The predicted octanol–water partition coefficient (Wildman–Crippen LogP) is 3.13. The minimum Gasteiger partial charge on any atom is -0.362 e. The van der Waals surface area contributed by atoms with E-state index in [0.29, 0.717) is 5.82 Å². The topological polar surface area (TPSA) is 88.8 Å². The molecule has 114 valence electrons. The van der Waals surface area contributed by atoms with Gasteiger partial charge in [0.1, 0.15) is 18.0 Å². The Morgan fingerprint density at radius 1 is 1.14 bits per heavy atom. The number of nitrogen functional groups attached to an aromatic ring is 1. The minimum atomic E-state index is 0.134. The first-order valence-electron chi connectivity index (χ1n) is 6.96. The number of hydrogen-bond acceptors (Lipinski definition) is 7. The Balaban J connectivity index is 2.33. The summed E-state index contributed by atoms with van der Waals surface area (Å²) < 4.78 is 0. The van der Waals surface area contributed by atoms with Crippen molar-refractivity contribution in [1.82, 2.24) is 15.0 Å². The smallest absolute Gasteiger partial charge is 0.148 e. The van der Waals surface area contributed by atoms with Crippen LogP contribution in [-0.4, -0.2) is 15.0 Å². The van der Waals surface area contributed by atoms with Crippen LogP contribution in [0.2, 0.25) is 0 Å². The summed E-state index contributed by atoms with van der Waals surface area (Å²) >= 11 is 1.71. The second-order valence-electron chi connectivity index (χ2n) is 5.33. The van der Waals surface area contributed by atoms with E-state index in [-0.39, 0.29) is 12.0 Å². The summed E-state index contributed by atoms with van der Waals surface area (Å²) in [6.07, 6.45) is 1.51. The van der Waals surface area contributed by atoms with E-state index in [1.807, 2.05) is 13.8 Å². The molecule has 2 rings (SSSR count). The number of rotatable bonds is 5. The first-order chi connectivity index (χ1) is 9.93. The lowest BCUT2D eigenvalue weighted by Crippen LogP contribution is -2.16. The van der Waals surface area contributed by atoms with Gasteiger partial charge in [-0.15, -0.1) is 11.3 Å². The molecule has 0 bridgehead atoms. The van der Waals surface area contributed by atoms with Gasteiger partial charge in [-0.1, -0.05) is 13.8 Å². The lowest BCUT2D eigenvalue weighted by molar-refractivity contribution is 0.821. The molecule has 0 aliphatic carbocycles. The Hall–Kier alpha value is -1.73. The Labute approximate surface area is 129 Å². The fraction of sp³-hybridized carbons (Fsp3) is 0.500. The Morgan fingerprint density at radius 2 is 1.81 bits per heavy atom. The molecule has 1 unspecified atom stereocenters. The molecule has 1 atom stereocenters. The second kappa shape index (κ2) is 6.36. The van der Waals surface area contributed by atoms with Crippen LogP contribution in [0.3, 0.4) is 0 Å². The van der Waals surface area contributed by atoms with Crippen LogP contribution in [-0.2, 0) is 0 Å². The van der Waals surface area contributed by atoms with Gasteiger partial charge in [-0.25, -0.2) is 20.8 Å². The molecule has 2 heterocycles. The first-order valence-corrected chi connectivity index (χ1v) is 7.77. The molecule has 0 aliphatic heterocycles. The average Bonchev–Trinajstić information content (AvgIpc) is 2.77. The highest BCUT2D eigenvalue weighted by Crippen LogP contribution is 2.32. The number of hydrogen-bond donors (Lipinski definition) is 3. The van der Waals surface area contributed by atoms with Crippen molar-refractivity contribution in [1.29, 1.82) is 0 Å². The van der Waals surface area contributed by atoms with Gasteiger partial charge in [-0.2, -0.15) is 0 Å². The van der Waals surface area contributed by atoms with Crippen molar-refractivity contribution in [2.45, 2.75) is 46.6 Å². The zero-order chi connectivity index (χ0) is 15.6. The van der Waals surface area contributed by atoms with Crippen molar-refractivity contribution in [2.24, 2.45) is 5.84 Å². The summed E-state index contributed by atoms with van der Waals surface area (Å²) in [5, 5.41) is 4.54. The largest absolute Gasteiger partial charge is 0.362 e. The van der Waals surface area contributed by atoms with Crippen molar-refractivity contribution in [3.63, 3.8) is 0 Å². The molecular formula is C14H22N6S. The Morgan fingerprint density at radius 3 is 2.33 bits per heavy atom. The molecular weight excluding hydrogens is 284 g/mol. The number of nitrogens with zero attached hydrogens (tertiary/aromatic N) is 3. The number of thiazole rings is 1. The SMILES string of the molecule is Cc1nc(C)c(C(C)Nc2ncnc(NN)c2C(C)C)s1. The van der Waals surface area contributed by atoms with Crippen LogP contribution in [0.5, 0.6) is 0 Å². The van der Waals surface area contributed by atoms with Crippen LogP contribution in [0.4, 0.5) is 11.6 Å². The van der Waals surface area contributed by atoms with Crippen LogP contribution in [0, 0.1) is 13.8 Å². The fourth-order valence-electron chi connectivity index (χ4n) is 2.39. The molecule has 0 fully saturated rings. The molecule has 0 saturated heterocycles. The van der Waals surface area contributed by atoms with E-state index in [4.69, 9.17) is 5.84 Å². The monoisotopic (exact) mass is 306 g/mol. The van der Waals surface area contributed by atoms with Crippen molar-refractivity contribution in [3.05, 3.63) is 27.5 Å². The van der Waals surface area contributed by atoms with E-state index in [2.05, 4.69) is 46.5 Å². The van der Waals surface area contributed by atoms with Crippen LogP contribution in [0.1, 0.15) is 53.9 Å². The van der Waals surface area contributed by atoms with Crippen molar-refractivity contribution >= 4 is 23.0 Å². The predicted molar refractivity (Wildman–Crippen MR) is 87.6 cm³/mol. The maximum atomic E-state index is 5.55. The van der Waals surface area contributed by atoms with E-state index in [1.54, 1.807) is 11.3 Å². The van der Waals surface area contributed by atoms with Gasteiger partial charge in [0.05, 0.1) is 16.7 Å². The van der Waals surface area contributed by atoms with Gasteiger partial charge >= 0.3 is 0 Å². The van der Waals surface area contributed by atoms with Gasteiger partial charge in [0.15, 0.2) is 0 Å². The van der Waals surface area contributed by atoms with Crippen molar-refractivity contribution < 1.29 is 0 Å². The van der Waals surface area contributed by atoms with E-state index < -0.39 is 0 Å². The molecule has 0 amide bonds. The van der Waals surface area contributed by atoms with E-state index >= 15 is 0 Å². The molecule has 0 saturated carbocycles. The van der Waals surface area contributed by atoms with Crippen LogP contribution < -0.4 is 16.6 Å². The summed E-state index contributed by atoms with van der Waals surface area (Å²) in [4.78, 5) is 14.3. The fourth-order valence-corrected chi connectivity index (χ4v) is 3.32. The van der Waals surface area contributed by atoms with Crippen LogP contribution >= 0.6 is 11.3 Å². The number of anilines is 2. The van der Waals surface area contributed by atoms with E-state index in [9.17, 15) is 0 Å². The van der Waals surface area contributed by atoms with Gasteiger partial charge in [0.25, 0.3) is 0 Å². The highest BCUT2D eigenvalue weighted by molar-refractivity contribution is 7.11. The highest BCUT2D eigenvalue weighted by atomic mass is 32.1. The van der Waals surface area contributed by atoms with Gasteiger partial charge in [0, 0.05) is 10.4 Å². The zero-order valence-corrected chi connectivity index (χ0v) is 13.9. The molecule has 2 aromatic rings. The van der Waals surface area contributed by atoms with E-state index in [0.717, 1.165) is 22.1 Å². The second-order valence-corrected chi connectivity index (χ2v) is 6.57. The number of hydrazine groups is 1. The Kier molecular flexibility index (Phi) is 4.74. The number of nitrogens with two attached hydrogens (primary N) is 1. The first kappa shape index (κ1) is 15.7. The van der Waals surface area contributed by atoms with Crippen molar-refractivity contribution in [2.75, 3.05) is 10.7 Å². The zero-order valence-electron chi connectivity index (χ0n) is 13.1. The molecule has 0 aromatic carbocycles. The molecule has 0 aliphatic rings. The van der Waals surface area contributed by atoms with Crippen molar-refractivity contribution in [3.8, 4) is 0 Å². The molecule has 0 radical (unpaired) electrons. The van der Waals surface area contributed by atoms with Gasteiger partial charge in [-0.3, -0.25) is 0 Å². The summed E-state index contributed by atoms with van der Waals surface area (Å²) in [5.74, 6) is 7.28. The van der Waals surface area contributed by atoms with Gasteiger partial charge in [-0.05, 0) is 26.7 Å². The lowest BCUT2D eigenvalue weighted by Gasteiger charge is -2.19. The summed E-state index contributed by atoms with van der Waals surface area (Å²) in [6, 6.07) is 0.134. The molecule has 0 spiro atoms. The molecule has 2 aromatic heterocycles. The van der Waals surface area contributed by atoms with Crippen LogP contribution in [0.25, 0.3) is 0 Å². The minimum absolute atomic E-state index is 0.134. The van der Waals surface area contributed by atoms with Crippen LogP contribution in [0.15, 0.2) is 6.33 Å². The van der Waals surface area contributed by atoms with E-state index in [1.165, 1.54) is 11.2 Å². The standard InChI is InChI=1S/C14H22N6S/c1-7(2)11-13(16-6-17-14(11)20-15)19-9(4)12-8(3)18-10(5)21-12/h6-7,9H,15H2,1-5H3,(H2,16,17,19,20). The van der Waals surface area contributed by atoms with Gasteiger partial charge < -0.3 is 10.7 Å². The third-order valence-corrected chi connectivity index (χ3v) is 4.54. The lowest BCUT2D eigenvalue weighted by atomic mass is 10.0. The molecule has 6 nitrogen and oxygen atoms in total. The summed E-state index contributed by atoms with van der Waals surface area (Å²) in [5.41, 5.74) is 4.70. The maximum Gasteiger partial charge on any atom is 0.148 e. The summed E-state index contributed by atoms with van der Waals surface area (Å²) in [7, 11) is 0. The number of nitrogens with one attached hydrogen (secondary N) is 2. The quantitative estimate of drug-likeness (QED) is 0.581. The summed E-state index contributed by atoms with van der Waals surface area (Å²) in [6.45, 7) is 10.4. The highest BCUT2D eigenvalue weighted by Gasteiger charge is 2.18. The third kappa shape index (κ3) is 3.30. The molecule has 7 heteroatoms. The number of aromatic nitrogens is 3. The van der Waals surface area contributed by atoms with Gasteiger partial charge in [0.2, 0.25) is 0 Å². The normalized spacial score (nSPS) is 12.5. The maximum absolute atomic E-state index is 5.55. The number of aryl methyl sites for hydroxylation is 2.